The predicted octanol–water partition coefficient (Wildman–Crippen LogP) is 4.38. The molecular weight excluding hydrogens is 258 g/mol. The van der Waals surface area contributed by atoms with Gasteiger partial charge in [0.2, 0.25) is 0 Å². The van der Waals surface area contributed by atoms with E-state index < -0.39 is 23.1 Å². The number of benzene rings is 2. The second kappa shape index (κ2) is 4.73. The lowest BCUT2D eigenvalue weighted by molar-refractivity contribution is -0.137. The molecule has 0 heterocycles. The van der Waals surface area contributed by atoms with Crippen LogP contribution in [0.1, 0.15) is 11.1 Å². The van der Waals surface area contributed by atoms with Gasteiger partial charge in [-0.15, -0.1) is 0 Å². The van der Waals surface area contributed by atoms with Gasteiger partial charge in [0.25, 0.3) is 0 Å². The molecule has 5 heteroatoms. The lowest BCUT2D eigenvalue weighted by atomic mass is 9.94. The van der Waals surface area contributed by atoms with Crippen LogP contribution in [0.15, 0.2) is 42.5 Å². The van der Waals surface area contributed by atoms with Crippen molar-refractivity contribution in [1.29, 1.82) is 5.26 Å². The minimum Gasteiger partial charge on any atom is -0.206 e. The molecule has 0 fully saturated rings. The van der Waals surface area contributed by atoms with Crippen LogP contribution in [-0.2, 0) is 6.18 Å². The molecule has 2 aromatic rings. The monoisotopic (exact) mass is 265 g/mol. The average molecular weight is 265 g/mol. The van der Waals surface area contributed by atoms with Gasteiger partial charge >= 0.3 is 6.18 Å². The van der Waals surface area contributed by atoms with E-state index in [0.29, 0.717) is 0 Å². The standard InChI is InChI=1S/C14H7F4N/c15-12-7-2-1-5-10(12)13-9(8-19)4-3-6-11(13)14(16,17)18/h1-7H. The molecule has 0 amide bonds. The fraction of sp³-hybridized carbons (Fsp3) is 0.0714. The number of nitriles is 1. The number of halogens is 4. The van der Waals surface area contributed by atoms with Crippen molar-refractivity contribution in [2.45, 2.75) is 6.18 Å². The first-order chi connectivity index (χ1) is 8.95. The summed E-state index contributed by atoms with van der Waals surface area (Å²) in [5, 5.41) is 8.92. The molecule has 2 rings (SSSR count). The van der Waals surface area contributed by atoms with Crippen molar-refractivity contribution >= 4 is 0 Å². The smallest absolute Gasteiger partial charge is 0.206 e. The Labute approximate surface area is 106 Å². The predicted molar refractivity (Wildman–Crippen MR) is 61.6 cm³/mol. The summed E-state index contributed by atoms with van der Waals surface area (Å²) in [4.78, 5) is 0. The van der Waals surface area contributed by atoms with Crippen molar-refractivity contribution in [2.24, 2.45) is 0 Å². The van der Waals surface area contributed by atoms with Crippen molar-refractivity contribution in [1.82, 2.24) is 0 Å². The maximum absolute atomic E-state index is 13.7. The van der Waals surface area contributed by atoms with Crippen LogP contribution < -0.4 is 0 Å². The molecule has 0 aliphatic carbocycles. The van der Waals surface area contributed by atoms with E-state index in [1.165, 1.54) is 24.3 Å². The molecule has 0 saturated heterocycles. The second-order valence-electron chi connectivity index (χ2n) is 3.82. The van der Waals surface area contributed by atoms with Gasteiger partial charge in [0, 0.05) is 11.1 Å². The van der Waals surface area contributed by atoms with Crippen molar-refractivity contribution in [3.63, 3.8) is 0 Å². The number of nitrogens with zero attached hydrogens (tertiary/aromatic N) is 1. The molecule has 1 nitrogen and oxygen atoms in total. The van der Waals surface area contributed by atoms with Gasteiger partial charge in [-0.05, 0) is 18.2 Å². The zero-order valence-corrected chi connectivity index (χ0v) is 9.50. The molecule has 0 unspecified atom stereocenters. The Morgan fingerprint density at radius 2 is 1.63 bits per heavy atom. The molecule has 0 N–H and O–H groups in total. The normalized spacial score (nSPS) is 11.1. The van der Waals surface area contributed by atoms with E-state index in [1.807, 2.05) is 0 Å². The Bertz CT molecular complexity index is 653. The SMILES string of the molecule is N#Cc1cccc(C(F)(F)F)c1-c1ccccc1F. The molecule has 0 saturated carbocycles. The summed E-state index contributed by atoms with van der Waals surface area (Å²) in [7, 11) is 0. The quantitative estimate of drug-likeness (QED) is 0.702. The summed E-state index contributed by atoms with van der Waals surface area (Å²) in [6.45, 7) is 0. The summed E-state index contributed by atoms with van der Waals surface area (Å²) in [5.41, 5.74) is -1.88. The zero-order chi connectivity index (χ0) is 14.0. The molecule has 19 heavy (non-hydrogen) atoms. The van der Waals surface area contributed by atoms with Gasteiger partial charge in [-0.2, -0.15) is 18.4 Å². The fourth-order valence-corrected chi connectivity index (χ4v) is 1.84. The van der Waals surface area contributed by atoms with Crippen LogP contribution >= 0.6 is 0 Å². The van der Waals surface area contributed by atoms with Crippen molar-refractivity contribution in [3.05, 3.63) is 59.4 Å². The highest BCUT2D eigenvalue weighted by Gasteiger charge is 2.35. The first-order valence-electron chi connectivity index (χ1n) is 5.30. The first kappa shape index (κ1) is 13.1. The molecule has 0 aliphatic heterocycles. The van der Waals surface area contributed by atoms with Gasteiger partial charge in [0.05, 0.1) is 17.2 Å². The van der Waals surface area contributed by atoms with Crippen molar-refractivity contribution < 1.29 is 17.6 Å². The van der Waals surface area contributed by atoms with E-state index in [4.69, 9.17) is 5.26 Å². The molecular formula is C14H7F4N. The number of alkyl halides is 3. The highest BCUT2D eigenvalue weighted by molar-refractivity contribution is 5.75. The van der Waals surface area contributed by atoms with E-state index in [-0.39, 0.29) is 11.1 Å². The van der Waals surface area contributed by atoms with Crippen LogP contribution in [0, 0.1) is 17.1 Å². The first-order valence-corrected chi connectivity index (χ1v) is 5.30. The molecule has 0 aromatic heterocycles. The maximum atomic E-state index is 13.7. The van der Waals surface area contributed by atoms with Gasteiger partial charge in [-0.25, -0.2) is 4.39 Å². The van der Waals surface area contributed by atoms with Crippen LogP contribution in [0.2, 0.25) is 0 Å². The summed E-state index contributed by atoms with van der Waals surface area (Å²) < 4.78 is 52.5. The molecule has 0 radical (unpaired) electrons. The van der Waals surface area contributed by atoms with E-state index >= 15 is 0 Å². The third-order valence-corrected chi connectivity index (χ3v) is 2.63. The fourth-order valence-electron chi connectivity index (χ4n) is 1.84. The summed E-state index contributed by atoms with van der Waals surface area (Å²) in [6, 6.07) is 9.95. The van der Waals surface area contributed by atoms with Crippen molar-refractivity contribution in [2.75, 3.05) is 0 Å². The van der Waals surface area contributed by atoms with Crippen LogP contribution in [0.25, 0.3) is 11.1 Å². The Balaban J connectivity index is 2.82. The molecule has 0 aliphatic rings. The van der Waals surface area contributed by atoms with Gasteiger partial charge < -0.3 is 0 Å². The maximum Gasteiger partial charge on any atom is 0.417 e. The molecule has 0 spiro atoms. The van der Waals surface area contributed by atoms with E-state index in [9.17, 15) is 17.6 Å². The second-order valence-corrected chi connectivity index (χ2v) is 3.82. The van der Waals surface area contributed by atoms with Gasteiger partial charge in [0.15, 0.2) is 0 Å². The summed E-state index contributed by atoms with van der Waals surface area (Å²) in [6.07, 6.45) is -4.65. The number of hydrogen-bond donors (Lipinski definition) is 0. The number of rotatable bonds is 1. The third kappa shape index (κ3) is 2.43. The van der Waals surface area contributed by atoms with Crippen LogP contribution in [-0.4, -0.2) is 0 Å². The lowest BCUT2D eigenvalue weighted by Crippen LogP contribution is -2.08. The highest BCUT2D eigenvalue weighted by atomic mass is 19.4. The van der Waals surface area contributed by atoms with E-state index in [1.54, 1.807) is 6.07 Å². The Morgan fingerprint density at radius 1 is 0.947 bits per heavy atom. The summed E-state index contributed by atoms with van der Waals surface area (Å²) >= 11 is 0. The van der Waals surface area contributed by atoms with Crippen LogP contribution in [0.4, 0.5) is 17.6 Å². The molecule has 96 valence electrons. The minimum atomic E-state index is -4.65. The zero-order valence-electron chi connectivity index (χ0n) is 9.50. The number of hydrogen-bond acceptors (Lipinski definition) is 1. The lowest BCUT2D eigenvalue weighted by Gasteiger charge is -2.14. The molecule has 0 atom stereocenters. The highest BCUT2D eigenvalue weighted by Crippen LogP contribution is 2.39. The van der Waals surface area contributed by atoms with E-state index in [0.717, 1.165) is 18.2 Å². The summed E-state index contributed by atoms with van der Waals surface area (Å²) in [5.74, 6) is -0.796. The van der Waals surface area contributed by atoms with Crippen molar-refractivity contribution in [3.8, 4) is 17.2 Å². The topological polar surface area (TPSA) is 23.8 Å². The van der Waals surface area contributed by atoms with E-state index in [2.05, 4.69) is 0 Å². The average Bonchev–Trinajstić information content (AvgIpc) is 2.37. The molecule has 0 bridgehead atoms. The van der Waals surface area contributed by atoms with Gasteiger partial charge in [-0.1, -0.05) is 24.3 Å². The molecule has 2 aromatic carbocycles. The van der Waals surface area contributed by atoms with Crippen LogP contribution in [0.5, 0.6) is 0 Å². The Kier molecular flexibility index (Phi) is 3.26. The van der Waals surface area contributed by atoms with Gasteiger partial charge in [0.1, 0.15) is 5.82 Å². The largest absolute Gasteiger partial charge is 0.417 e. The van der Waals surface area contributed by atoms with Gasteiger partial charge in [-0.3, -0.25) is 0 Å². The Morgan fingerprint density at radius 3 is 2.21 bits per heavy atom. The minimum absolute atomic E-state index is 0.208. The third-order valence-electron chi connectivity index (χ3n) is 2.63. The van der Waals surface area contributed by atoms with Crippen LogP contribution in [0.3, 0.4) is 0 Å². The Hall–Kier alpha value is -2.35.